The van der Waals surface area contributed by atoms with Gasteiger partial charge in [0.25, 0.3) is 0 Å². The Kier molecular flexibility index (Phi) is 4.81. The van der Waals surface area contributed by atoms with E-state index in [4.69, 9.17) is 11.6 Å². The van der Waals surface area contributed by atoms with Gasteiger partial charge in [0.05, 0.1) is 0 Å². The van der Waals surface area contributed by atoms with Crippen LogP contribution in [0.3, 0.4) is 0 Å². The van der Waals surface area contributed by atoms with E-state index < -0.39 is 0 Å². The summed E-state index contributed by atoms with van der Waals surface area (Å²) in [6, 6.07) is 5.51. The Morgan fingerprint density at radius 2 is 2.12 bits per heavy atom. The van der Waals surface area contributed by atoms with Crippen molar-refractivity contribution >= 4 is 23.2 Å². The van der Waals surface area contributed by atoms with E-state index in [1.165, 1.54) is 0 Å². The molecule has 0 heterocycles. The molecule has 1 aromatic carbocycles. The number of carbonyl (C=O) groups is 1. The highest BCUT2D eigenvalue weighted by Crippen LogP contribution is 2.20. The number of anilines is 1. The van der Waals surface area contributed by atoms with Crippen LogP contribution in [-0.4, -0.2) is 5.91 Å². The summed E-state index contributed by atoms with van der Waals surface area (Å²) in [6.07, 6.45) is 1.47. The summed E-state index contributed by atoms with van der Waals surface area (Å²) < 4.78 is 0. The maximum atomic E-state index is 11.6. The second kappa shape index (κ2) is 5.90. The number of hydrogen-bond donors (Lipinski definition) is 1. The minimum atomic E-state index is 0.0547. The van der Waals surface area contributed by atoms with Crippen LogP contribution in [0.1, 0.15) is 32.3 Å². The van der Waals surface area contributed by atoms with Gasteiger partial charge in [-0.1, -0.05) is 31.5 Å². The highest BCUT2D eigenvalue weighted by molar-refractivity contribution is 6.31. The van der Waals surface area contributed by atoms with Crippen LogP contribution in [0.4, 0.5) is 5.69 Å². The maximum absolute atomic E-state index is 11.6. The van der Waals surface area contributed by atoms with Gasteiger partial charge >= 0.3 is 0 Å². The summed E-state index contributed by atoms with van der Waals surface area (Å²) in [5.41, 5.74) is 1.84. The van der Waals surface area contributed by atoms with E-state index in [1.54, 1.807) is 6.07 Å². The standard InChI is InChI=1S/C13H18ClNO/c1-9(2)4-7-13(16)15-12-8-11(14)6-5-10(12)3/h5-6,8-9H,4,7H2,1-3H3,(H,15,16). The molecule has 88 valence electrons. The minimum Gasteiger partial charge on any atom is -0.326 e. The van der Waals surface area contributed by atoms with Gasteiger partial charge in [0.1, 0.15) is 0 Å². The number of carbonyl (C=O) groups excluding carboxylic acids is 1. The Morgan fingerprint density at radius 1 is 1.44 bits per heavy atom. The molecule has 0 aliphatic heterocycles. The van der Waals surface area contributed by atoms with E-state index in [1.807, 2.05) is 19.1 Å². The van der Waals surface area contributed by atoms with Crippen LogP contribution in [0.15, 0.2) is 18.2 Å². The predicted molar refractivity (Wildman–Crippen MR) is 68.9 cm³/mol. The van der Waals surface area contributed by atoms with Crippen molar-refractivity contribution in [2.24, 2.45) is 5.92 Å². The van der Waals surface area contributed by atoms with Gasteiger partial charge in [0.2, 0.25) is 5.91 Å². The fraction of sp³-hybridized carbons (Fsp3) is 0.462. The number of rotatable bonds is 4. The first-order chi connectivity index (χ1) is 7.49. The predicted octanol–water partition coefficient (Wildman–Crippen LogP) is 4.02. The zero-order chi connectivity index (χ0) is 12.1. The Hall–Kier alpha value is -1.02. The molecule has 0 saturated carbocycles. The number of nitrogens with one attached hydrogen (secondary N) is 1. The molecule has 16 heavy (non-hydrogen) atoms. The van der Waals surface area contributed by atoms with Crippen LogP contribution < -0.4 is 5.32 Å². The van der Waals surface area contributed by atoms with Crippen LogP contribution >= 0.6 is 11.6 Å². The molecule has 1 amide bonds. The van der Waals surface area contributed by atoms with Crippen molar-refractivity contribution in [3.63, 3.8) is 0 Å². The topological polar surface area (TPSA) is 29.1 Å². The van der Waals surface area contributed by atoms with E-state index in [9.17, 15) is 4.79 Å². The van der Waals surface area contributed by atoms with Gasteiger partial charge in [0.15, 0.2) is 0 Å². The molecule has 0 fully saturated rings. The lowest BCUT2D eigenvalue weighted by Crippen LogP contribution is -2.13. The fourth-order valence-corrected chi connectivity index (χ4v) is 1.53. The number of hydrogen-bond acceptors (Lipinski definition) is 1. The number of amides is 1. The van der Waals surface area contributed by atoms with E-state index in [2.05, 4.69) is 19.2 Å². The first-order valence-corrected chi connectivity index (χ1v) is 5.93. The van der Waals surface area contributed by atoms with E-state index in [-0.39, 0.29) is 5.91 Å². The SMILES string of the molecule is Cc1ccc(Cl)cc1NC(=O)CCC(C)C. The zero-order valence-corrected chi connectivity index (χ0v) is 10.8. The van der Waals surface area contributed by atoms with Gasteiger partial charge in [-0.15, -0.1) is 0 Å². The fourth-order valence-electron chi connectivity index (χ4n) is 1.36. The van der Waals surface area contributed by atoms with Gasteiger partial charge < -0.3 is 5.32 Å². The quantitative estimate of drug-likeness (QED) is 0.845. The Labute approximate surface area is 102 Å². The first kappa shape index (κ1) is 13.0. The molecule has 1 N–H and O–H groups in total. The average Bonchev–Trinajstić information content (AvgIpc) is 2.20. The first-order valence-electron chi connectivity index (χ1n) is 5.55. The Balaban J connectivity index is 2.59. The molecule has 0 aliphatic rings. The molecule has 3 heteroatoms. The van der Waals surface area contributed by atoms with Crippen LogP contribution in [0.25, 0.3) is 0 Å². The molecule has 0 unspecified atom stereocenters. The second-order valence-corrected chi connectivity index (χ2v) is 4.88. The summed E-state index contributed by atoms with van der Waals surface area (Å²) in [5.74, 6) is 0.602. The van der Waals surface area contributed by atoms with Crippen LogP contribution in [0, 0.1) is 12.8 Å². The molecule has 0 atom stereocenters. The molecule has 0 bridgehead atoms. The lowest BCUT2D eigenvalue weighted by atomic mass is 10.1. The Bertz CT molecular complexity index is 374. The maximum Gasteiger partial charge on any atom is 0.224 e. The molecule has 0 saturated heterocycles. The molecular weight excluding hydrogens is 222 g/mol. The van der Waals surface area contributed by atoms with E-state index in [0.717, 1.165) is 17.7 Å². The van der Waals surface area contributed by atoms with Crippen molar-refractivity contribution in [1.82, 2.24) is 0 Å². The zero-order valence-electron chi connectivity index (χ0n) is 10.0. The molecule has 0 radical (unpaired) electrons. The van der Waals surface area contributed by atoms with Crippen molar-refractivity contribution in [2.75, 3.05) is 5.32 Å². The van der Waals surface area contributed by atoms with Gasteiger partial charge in [-0.3, -0.25) is 4.79 Å². The van der Waals surface area contributed by atoms with Crippen molar-refractivity contribution in [1.29, 1.82) is 0 Å². The summed E-state index contributed by atoms with van der Waals surface area (Å²) in [4.78, 5) is 11.6. The normalized spacial score (nSPS) is 10.6. The van der Waals surface area contributed by atoms with Crippen LogP contribution in [0.2, 0.25) is 5.02 Å². The lowest BCUT2D eigenvalue weighted by Gasteiger charge is -2.09. The third-order valence-electron chi connectivity index (χ3n) is 2.42. The highest BCUT2D eigenvalue weighted by atomic mass is 35.5. The highest BCUT2D eigenvalue weighted by Gasteiger charge is 2.06. The number of halogens is 1. The monoisotopic (exact) mass is 239 g/mol. The molecule has 0 aliphatic carbocycles. The average molecular weight is 240 g/mol. The van der Waals surface area contributed by atoms with Gasteiger partial charge in [-0.2, -0.15) is 0 Å². The van der Waals surface area contributed by atoms with E-state index >= 15 is 0 Å². The molecule has 2 nitrogen and oxygen atoms in total. The van der Waals surface area contributed by atoms with Gasteiger partial charge in [-0.25, -0.2) is 0 Å². The molecule has 1 aromatic rings. The third kappa shape index (κ3) is 4.23. The molecular formula is C13H18ClNO. The summed E-state index contributed by atoms with van der Waals surface area (Å²) >= 11 is 5.88. The number of aryl methyl sites for hydroxylation is 1. The van der Waals surface area contributed by atoms with Crippen molar-refractivity contribution in [3.05, 3.63) is 28.8 Å². The summed E-state index contributed by atoms with van der Waals surface area (Å²) in [5, 5.41) is 3.53. The minimum absolute atomic E-state index is 0.0547. The smallest absolute Gasteiger partial charge is 0.224 e. The van der Waals surface area contributed by atoms with Gasteiger partial charge in [0, 0.05) is 17.1 Å². The largest absolute Gasteiger partial charge is 0.326 e. The lowest BCUT2D eigenvalue weighted by molar-refractivity contribution is -0.116. The molecule has 0 spiro atoms. The van der Waals surface area contributed by atoms with Crippen molar-refractivity contribution < 1.29 is 4.79 Å². The van der Waals surface area contributed by atoms with Crippen LogP contribution in [0.5, 0.6) is 0 Å². The van der Waals surface area contributed by atoms with E-state index in [0.29, 0.717) is 17.4 Å². The second-order valence-electron chi connectivity index (χ2n) is 4.44. The van der Waals surface area contributed by atoms with Gasteiger partial charge in [-0.05, 0) is 37.0 Å². The molecule has 1 rings (SSSR count). The summed E-state index contributed by atoms with van der Waals surface area (Å²) in [6.45, 7) is 6.17. The van der Waals surface area contributed by atoms with Crippen molar-refractivity contribution in [2.45, 2.75) is 33.6 Å². The van der Waals surface area contributed by atoms with Crippen LogP contribution in [-0.2, 0) is 4.79 Å². The Morgan fingerprint density at radius 3 is 2.75 bits per heavy atom. The summed E-state index contributed by atoms with van der Waals surface area (Å²) in [7, 11) is 0. The van der Waals surface area contributed by atoms with Crippen molar-refractivity contribution in [3.8, 4) is 0 Å². The number of benzene rings is 1. The molecule has 0 aromatic heterocycles. The third-order valence-corrected chi connectivity index (χ3v) is 2.66.